The van der Waals surface area contributed by atoms with Crippen molar-refractivity contribution in [3.8, 4) is 0 Å². The number of nitrogens with zero attached hydrogens (tertiary/aromatic N) is 3. The Kier molecular flexibility index (Phi) is 7.29. The van der Waals surface area contributed by atoms with E-state index in [2.05, 4.69) is 16.3 Å². The summed E-state index contributed by atoms with van der Waals surface area (Å²) in [6, 6.07) is 9.93. The number of dihydropyridines is 1. The highest BCUT2D eigenvalue weighted by atomic mass is 32.1. The van der Waals surface area contributed by atoms with Crippen molar-refractivity contribution >= 4 is 27.9 Å². The Morgan fingerprint density at radius 3 is 2.83 bits per heavy atom. The second-order valence-electron chi connectivity index (χ2n) is 7.43. The Labute approximate surface area is 181 Å². The van der Waals surface area contributed by atoms with Crippen molar-refractivity contribution in [2.75, 3.05) is 50.8 Å². The first-order valence-electron chi connectivity index (χ1n) is 10.5. The van der Waals surface area contributed by atoms with Crippen LogP contribution >= 0.6 is 11.3 Å². The molecule has 2 aliphatic heterocycles. The van der Waals surface area contributed by atoms with E-state index >= 15 is 0 Å². The van der Waals surface area contributed by atoms with Crippen molar-refractivity contribution < 1.29 is 9.53 Å². The molecule has 1 aromatic carbocycles. The number of thiazole rings is 1. The van der Waals surface area contributed by atoms with Crippen LogP contribution in [0.4, 0.5) is 5.13 Å². The molecule has 0 radical (unpaired) electrons. The van der Waals surface area contributed by atoms with Crippen LogP contribution in [0.5, 0.6) is 0 Å². The van der Waals surface area contributed by atoms with Gasteiger partial charge in [-0.25, -0.2) is 4.98 Å². The summed E-state index contributed by atoms with van der Waals surface area (Å²) in [6.07, 6.45) is 7.39. The Morgan fingerprint density at radius 2 is 2.07 bits per heavy atom. The van der Waals surface area contributed by atoms with E-state index in [1.165, 1.54) is 0 Å². The molecule has 0 saturated carbocycles. The lowest BCUT2D eigenvalue weighted by Gasteiger charge is -2.27. The summed E-state index contributed by atoms with van der Waals surface area (Å²) in [7, 11) is 0. The van der Waals surface area contributed by atoms with Crippen LogP contribution in [0.25, 0.3) is 5.57 Å². The van der Waals surface area contributed by atoms with Crippen LogP contribution in [-0.4, -0.2) is 61.7 Å². The van der Waals surface area contributed by atoms with Gasteiger partial charge in [-0.1, -0.05) is 36.4 Å². The predicted octanol–water partition coefficient (Wildman–Crippen LogP) is 2.94. The summed E-state index contributed by atoms with van der Waals surface area (Å²) in [5, 5.41) is 5.98. The lowest BCUT2D eigenvalue weighted by molar-refractivity contribution is -0.118. The zero-order valence-corrected chi connectivity index (χ0v) is 17.9. The molecule has 2 aliphatic rings. The number of hydrogen-bond acceptors (Lipinski definition) is 6. The molecule has 3 heterocycles. The maximum Gasteiger partial charge on any atom is 0.233 e. The molecule has 1 N–H and O–H groups in total. The average Bonchev–Trinajstić information content (AvgIpc) is 3.28. The lowest BCUT2D eigenvalue weighted by atomic mass is 10.1. The minimum atomic E-state index is 0.0962. The maximum absolute atomic E-state index is 13.2. The van der Waals surface area contributed by atoms with E-state index in [9.17, 15) is 4.79 Å². The third kappa shape index (κ3) is 5.56. The molecule has 6 nitrogen and oxygen atoms in total. The lowest BCUT2D eigenvalue weighted by Crippen LogP contribution is -2.39. The smallest absolute Gasteiger partial charge is 0.233 e. The van der Waals surface area contributed by atoms with Crippen molar-refractivity contribution in [2.24, 2.45) is 0 Å². The van der Waals surface area contributed by atoms with Gasteiger partial charge in [-0.05, 0) is 24.3 Å². The summed E-state index contributed by atoms with van der Waals surface area (Å²) in [6.45, 7) is 5.97. The molecule has 158 valence electrons. The second-order valence-corrected chi connectivity index (χ2v) is 8.27. The van der Waals surface area contributed by atoms with Gasteiger partial charge < -0.3 is 10.1 Å². The highest BCUT2D eigenvalue weighted by Crippen LogP contribution is 2.27. The fraction of sp³-hybridized carbons (Fsp3) is 0.391. The van der Waals surface area contributed by atoms with Crippen LogP contribution in [0, 0.1) is 0 Å². The van der Waals surface area contributed by atoms with Gasteiger partial charge in [0.15, 0.2) is 5.13 Å². The molecule has 0 aliphatic carbocycles. The summed E-state index contributed by atoms with van der Waals surface area (Å²) >= 11 is 1.54. The van der Waals surface area contributed by atoms with Gasteiger partial charge in [0.05, 0.1) is 25.3 Å². The van der Waals surface area contributed by atoms with Gasteiger partial charge in [-0.3, -0.25) is 14.6 Å². The Balaban J connectivity index is 1.46. The minimum absolute atomic E-state index is 0.0962. The van der Waals surface area contributed by atoms with E-state index in [0.29, 0.717) is 13.0 Å². The molecular weight excluding hydrogens is 396 g/mol. The molecule has 1 saturated heterocycles. The third-order valence-electron chi connectivity index (χ3n) is 5.30. The topological polar surface area (TPSA) is 57.7 Å². The summed E-state index contributed by atoms with van der Waals surface area (Å²) < 4.78 is 5.43. The Bertz CT molecular complexity index is 888. The molecule has 2 aromatic rings. The Morgan fingerprint density at radius 1 is 1.23 bits per heavy atom. The number of carbonyl (C=O) groups excluding carboxylic acids is 1. The van der Waals surface area contributed by atoms with Crippen molar-refractivity contribution in [2.45, 2.75) is 12.8 Å². The van der Waals surface area contributed by atoms with E-state index in [1.54, 1.807) is 11.3 Å². The average molecular weight is 425 g/mol. The molecular formula is C23H28N4O2S. The quantitative estimate of drug-likeness (QED) is 0.706. The first-order chi connectivity index (χ1) is 14.8. The van der Waals surface area contributed by atoms with Crippen LogP contribution in [0.3, 0.4) is 0 Å². The number of morpholine rings is 1. The zero-order valence-electron chi connectivity index (χ0n) is 17.1. The number of amides is 1. The fourth-order valence-electron chi connectivity index (χ4n) is 3.63. The molecule has 4 rings (SSSR count). The van der Waals surface area contributed by atoms with E-state index in [1.807, 2.05) is 52.9 Å². The van der Waals surface area contributed by atoms with Crippen LogP contribution in [0.2, 0.25) is 0 Å². The van der Waals surface area contributed by atoms with Crippen molar-refractivity contribution in [1.82, 2.24) is 15.2 Å². The molecule has 1 amide bonds. The number of nitrogens with one attached hydrogen (secondary N) is 1. The minimum Gasteiger partial charge on any atom is -0.387 e. The highest BCUT2D eigenvalue weighted by molar-refractivity contribution is 7.14. The van der Waals surface area contributed by atoms with E-state index in [-0.39, 0.29) is 5.91 Å². The monoisotopic (exact) mass is 424 g/mol. The molecule has 0 atom stereocenters. The predicted molar refractivity (Wildman–Crippen MR) is 122 cm³/mol. The summed E-state index contributed by atoms with van der Waals surface area (Å²) in [5.74, 6) is 0.0962. The fourth-order valence-corrected chi connectivity index (χ4v) is 4.51. The largest absolute Gasteiger partial charge is 0.387 e. The van der Waals surface area contributed by atoms with E-state index in [4.69, 9.17) is 9.72 Å². The number of ether oxygens (including phenoxy) is 1. The van der Waals surface area contributed by atoms with Gasteiger partial charge in [0.25, 0.3) is 0 Å². The van der Waals surface area contributed by atoms with Crippen molar-refractivity contribution in [3.05, 3.63) is 65.3 Å². The molecule has 1 fully saturated rings. The number of aromatic nitrogens is 1. The van der Waals surface area contributed by atoms with Crippen LogP contribution < -0.4 is 10.2 Å². The van der Waals surface area contributed by atoms with Gasteiger partial charge in [0.1, 0.15) is 0 Å². The first-order valence-corrected chi connectivity index (χ1v) is 11.4. The number of benzene rings is 1. The number of rotatable bonds is 8. The Hall–Kier alpha value is -2.48. The summed E-state index contributed by atoms with van der Waals surface area (Å²) in [4.78, 5) is 22.3. The molecule has 0 unspecified atom stereocenters. The van der Waals surface area contributed by atoms with E-state index in [0.717, 1.165) is 67.8 Å². The van der Waals surface area contributed by atoms with Crippen LogP contribution in [0.15, 0.2) is 54.1 Å². The van der Waals surface area contributed by atoms with Crippen LogP contribution in [-0.2, 0) is 16.0 Å². The molecule has 30 heavy (non-hydrogen) atoms. The first kappa shape index (κ1) is 20.8. The number of allylic oxidation sites excluding steroid dienone is 2. The molecule has 1 aromatic heterocycles. The zero-order chi connectivity index (χ0) is 20.6. The summed E-state index contributed by atoms with van der Waals surface area (Å²) in [5.41, 5.74) is 3.06. The van der Waals surface area contributed by atoms with Gasteiger partial charge in [0, 0.05) is 43.7 Å². The van der Waals surface area contributed by atoms with Gasteiger partial charge in [-0.2, -0.15) is 0 Å². The van der Waals surface area contributed by atoms with Gasteiger partial charge >= 0.3 is 0 Å². The molecule has 0 spiro atoms. The number of carbonyl (C=O) groups is 1. The maximum atomic E-state index is 13.2. The van der Waals surface area contributed by atoms with Gasteiger partial charge in [0.2, 0.25) is 5.91 Å². The van der Waals surface area contributed by atoms with Gasteiger partial charge in [-0.15, -0.1) is 11.3 Å². The highest BCUT2D eigenvalue weighted by Gasteiger charge is 2.21. The second kappa shape index (κ2) is 10.5. The standard InChI is InChI=1S/C23H28N4O2S/c28-22(17-19-5-2-1-3-6-19)27(12-4-11-26-13-15-29-16-14-26)23-25-21(18-30-23)20-7-9-24-10-8-20/h1-3,5-9,18,24H,4,10-17H2. The van der Waals surface area contributed by atoms with Crippen molar-refractivity contribution in [3.63, 3.8) is 0 Å². The SMILES string of the molecule is O=C(Cc1ccccc1)N(CCCN1CCOCC1)c1nc(C2=CCNC=C2)cs1. The molecule has 0 bridgehead atoms. The van der Waals surface area contributed by atoms with E-state index < -0.39 is 0 Å². The normalized spacial score (nSPS) is 16.7. The van der Waals surface area contributed by atoms with Crippen molar-refractivity contribution in [1.29, 1.82) is 0 Å². The van der Waals surface area contributed by atoms with Crippen LogP contribution in [0.1, 0.15) is 17.7 Å². The molecule has 7 heteroatoms. The number of anilines is 1. The third-order valence-corrected chi connectivity index (χ3v) is 6.16. The number of hydrogen-bond donors (Lipinski definition) is 1.